The van der Waals surface area contributed by atoms with Gasteiger partial charge in [0.2, 0.25) is 0 Å². The quantitative estimate of drug-likeness (QED) is 0.826. The van der Waals surface area contributed by atoms with Gasteiger partial charge in [-0.3, -0.25) is 0 Å². The van der Waals surface area contributed by atoms with Crippen LogP contribution in [0.5, 0.6) is 0 Å². The molecule has 1 aromatic rings. The molecule has 1 aromatic carbocycles. The zero-order valence-electron chi connectivity index (χ0n) is 10.4. The van der Waals surface area contributed by atoms with Crippen molar-refractivity contribution in [1.82, 2.24) is 0 Å². The summed E-state index contributed by atoms with van der Waals surface area (Å²) in [5.74, 6) is -0.0930. The van der Waals surface area contributed by atoms with Crippen LogP contribution in [0.3, 0.4) is 0 Å². The first-order valence-corrected chi connectivity index (χ1v) is 6.34. The number of hydrogen-bond donors (Lipinski definition) is 1. The number of nitrogens with one attached hydrogen (secondary N) is 1. The summed E-state index contributed by atoms with van der Waals surface area (Å²) in [7, 11) is 0. The fraction of sp³-hybridized carbons (Fsp3) is 0.571. The van der Waals surface area contributed by atoms with Crippen LogP contribution >= 0.6 is 0 Å². The van der Waals surface area contributed by atoms with Gasteiger partial charge in [-0.05, 0) is 24.0 Å². The number of hydrogen-bond acceptors (Lipinski definition) is 1. The minimum Gasteiger partial charge on any atom is -0.382 e. The van der Waals surface area contributed by atoms with Gasteiger partial charge in [0, 0.05) is 18.5 Å². The number of benzene rings is 1. The predicted molar refractivity (Wildman–Crippen MR) is 66.3 cm³/mol. The highest BCUT2D eigenvalue weighted by Gasteiger charge is 2.26. The first kappa shape index (κ1) is 12.3. The molecule has 0 amide bonds. The van der Waals surface area contributed by atoms with Gasteiger partial charge in [0.25, 0.3) is 0 Å². The lowest BCUT2D eigenvalue weighted by Crippen LogP contribution is -2.07. The monoisotopic (exact) mass is 239 g/mol. The fourth-order valence-electron chi connectivity index (χ4n) is 2.74. The lowest BCUT2D eigenvalue weighted by molar-refractivity contribution is 0.447. The van der Waals surface area contributed by atoms with Crippen molar-refractivity contribution in [1.29, 1.82) is 0 Å². The maximum atomic E-state index is 13.5. The van der Waals surface area contributed by atoms with Gasteiger partial charge in [-0.1, -0.05) is 26.7 Å². The number of anilines is 1. The molecular formula is C14H19F2N. The first-order valence-electron chi connectivity index (χ1n) is 6.34. The van der Waals surface area contributed by atoms with Crippen molar-refractivity contribution in [2.45, 2.75) is 39.0 Å². The predicted octanol–water partition coefficient (Wildman–Crippen LogP) is 4.30. The van der Waals surface area contributed by atoms with E-state index in [4.69, 9.17) is 0 Å². The molecule has 2 atom stereocenters. The highest BCUT2D eigenvalue weighted by molar-refractivity contribution is 5.58. The van der Waals surface area contributed by atoms with Gasteiger partial charge in [0.05, 0.1) is 5.69 Å². The Labute approximate surface area is 101 Å². The van der Waals surface area contributed by atoms with E-state index in [2.05, 4.69) is 19.2 Å². The summed E-state index contributed by atoms with van der Waals surface area (Å²) in [4.78, 5) is 0. The van der Waals surface area contributed by atoms with E-state index >= 15 is 0 Å². The van der Waals surface area contributed by atoms with Crippen LogP contribution in [0.25, 0.3) is 0 Å². The molecule has 0 fully saturated rings. The summed E-state index contributed by atoms with van der Waals surface area (Å²) >= 11 is 0. The zero-order chi connectivity index (χ0) is 12.4. The molecule has 1 nitrogen and oxygen atoms in total. The maximum Gasteiger partial charge on any atom is 0.149 e. The average molecular weight is 239 g/mol. The normalized spacial score (nSPS) is 19.9. The van der Waals surface area contributed by atoms with Gasteiger partial charge in [-0.2, -0.15) is 0 Å². The molecule has 17 heavy (non-hydrogen) atoms. The van der Waals surface area contributed by atoms with Gasteiger partial charge >= 0.3 is 0 Å². The van der Waals surface area contributed by atoms with E-state index in [1.54, 1.807) is 0 Å². The molecule has 0 radical (unpaired) electrons. The molecule has 1 aliphatic heterocycles. The average Bonchev–Trinajstić information content (AvgIpc) is 2.62. The Bertz CT molecular complexity index is 403. The highest BCUT2D eigenvalue weighted by Crippen LogP contribution is 2.38. The molecule has 0 aromatic heterocycles. The van der Waals surface area contributed by atoms with E-state index in [1.807, 2.05) is 0 Å². The third-order valence-corrected chi connectivity index (χ3v) is 3.52. The second-order valence-electron chi connectivity index (χ2n) is 5.06. The fourth-order valence-corrected chi connectivity index (χ4v) is 2.74. The molecule has 0 aliphatic carbocycles. The summed E-state index contributed by atoms with van der Waals surface area (Å²) in [6, 6.07) is 2.42. The highest BCUT2D eigenvalue weighted by atomic mass is 19.1. The molecule has 2 unspecified atom stereocenters. The number of fused-ring (bicyclic) bond motifs is 1. The van der Waals surface area contributed by atoms with Gasteiger partial charge in [0.15, 0.2) is 0 Å². The van der Waals surface area contributed by atoms with Crippen LogP contribution in [0.15, 0.2) is 12.1 Å². The Morgan fingerprint density at radius 1 is 1.41 bits per heavy atom. The molecule has 3 heteroatoms. The Kier molecular flexibility index (Phi) is 3.65. The molecule has 0 spiro atoms. The van der Waals surface area contributed by atoms with Crippen LogP contribution in [0.2, 0.25) is 0 Å². The third-order valence-electron chi connectivity index (χ3n) is 3.52. The molecule has 0 bridgehead atoms. The SMILES string of the molecule is CCCC(C)CC1CNc2c(F)cc(F)cc21. The molecule has 1 aliphatic rings. The van der Waals surface area contributed by atoms with Crippen molar-refractivity contribution >= 4 is 5.69 Å². The number of halogens is 2. The van der Waals surface area contributed by atoms with Crippen molar-refractivity contribution in [2.75, 3.05) is 11.9 Å². The van der Waals surface area contributed by atoms with Crippen LogP contribution in [-0.2, 0) is 0 Å². The molecule has 94 valence electrons. The molecular weight excluding hydrogens is 220 g/mol. The zero-order valence-corrected chi connectivity index (χ0v) is 10.4. The summed E-state index contributed by atoms with van der Waals surface area (Å²) in [5, 5.41) is 3.05. The molecule has 2 rings (SSSR count). The lowest BCUT2D eigenvalue weighted by Gasteiger charge is -2.16. The standard InChI is InChI=1S/C14H19F2N/c1-3-4-9(2)5-10-8-17-14-12(10)6-11(15)7-13(14)16/h6-7,9-10,17H,3-5,8H2,1-2H3. The van der Waals surface area contributed by atoms with E-state index in [-0.39, 0.29) is 5.92 Å². The number of rotatable bonds is 4. The summed E-state index contributed by atoms with van der Waals surface area (Å²) in [6.07, 6.45) is 3.33. The van der Waals surface area contributed by atoms with Crippen LogP contribution < -0.4 is 5.32 Å². The van der Waals surface area contributed by atoms with E-state index in [9.17, 15) is 8.78 Å². The van der Waals surface area contributed by atoms with E-state index in [0.717, 1.165) is 31.0 Å². The second kappa shape index (κ2) is 5.03. The largest absolute Gasteiger partial charge is 0.382 e. The van der Waals surface area contributed by atoms with Crippen molar-refractivity contribution in [3.8, 4) is 0 Å². The minimum absolute atomic E-state index is 0.247. The smallest absolute Gasteiger partial charge is 0.149 e. The Morgan fingerprint density at radius 3 is 2.88 bits per heavy atom. The topological polar surface area (TPSA) is 12.0 Å². The summed E-state index contributed by atoms with van der Waals surface area (Å²) < 4.78 is 26.7. The van der Waals surface area contributed by atoms with Crippen molar-refractivity contribution in [2.24, 2.45) is 5.92 Å². The Hall–Kier alpha value is -1.12. The molecule has 1 heterocycles. The maximum absolute atomic E-state index is 13.5. The third kappa shape index (κ3) is 2.59. The lowest BCUT2D eigenvalue weighted by atomic mass is 9.89. The van der Waals surface area contributed by atoms with Crippen molar-refractivity contribution < 1.29 is 8.78 Å². The van der Waals surface area contributed by atoms with Crippen molar-refractivity contribution in [3.63, 3.8) is 0 Å². The summed E-state index contributed by atoms with van der Waals surface area (Å²) in [5.41, 5.74) is 1.31. The second-order valence-corrected chi connectivity index (χ2v) is 5.06. The minimum atomic E-state index is -0.474. The molecule has 0 saturated carbocycles. The van der Waals surface area contributed by atoms with Crippen LogP contribution in [-0.4, -0.2) is 6.54 Å². The van der Waals surface area contributed by atoms with E-state index in [1.165, 1.54) is 12.5 Å². The van der Waals surface area contributed by atoms with Gasteiger partial charge < -0.3 is 5.32 Å². The molecule has 1 N–H and O–H groups in total. The van der Waals surface area contributed by atoms with Gasteiger partial charge in [-0.15, -0.1) is 0 Å². The van der Waals surface area contributed by atoms with Crippen molar-refractivity contribution in [3.05, 3.63) is 29.3 Å². The van der Waals surface area contributed by atoms with E-state index in [0.29, 0.717) is 11.6 Å². The van der Waals surface area contributed by atoms with E-state index < -0.39 is 11.6 Å². The summed E-state index contributed by atoms with van der Waals surface area (Å²) in [6.45, 7) is 5.09. The Balaban J connectivity index is 2.16. The molecule has 0 saturated heterocycles. The van der Waals surface area contributed by atoms with Crippen LogP contribution in [0.4, 0.5) is 14.5 Å². The van der Waals surface area contributed by atoms with Crippen LogP contribution in [0, 0.1) is 17.6 Å². The first-order chi connectivity index (χ1) is 8.11. The Morgan fingerprint density at radius 2 is 2.18 bits per heavy atom. The van der Waals surface area contributed by atoms with Crippen LogP contribution in [0.1, 0.15) is 44.6 Å². The van der Waals surface area contributed by atoms with Gasteiger partial charge in [0.1, 0.15) is 11.6 Å². The van der Waals surface area contributed by atoms with Gasteiger partial charge in [-0.25, -0.2) is 8.78 Å².